The standard InChI is InChI=1S/C15H31NO/c1-4-14-8-5-6-9-15(14)17-11-7-10-16-12-13(2)3/h13-16H,4-12H2,1-3H3. The Bertz CT molecular complexity index is 182. The molecule has 0 aliphatic heterocycles. The largest absolute Gasteiger partial charge is 0.378 e. The molecule has 2 heteroatoms. The summed E-state index contributed by atoms with van der Waals surface area (Å²) in [6.07, 6.45) is 8.45. The number of ether oxygens (including phenoxy) is 1. The second-order valence-corrected chi connectivity index (χ2v) is 5.81. The lowest BCUT2D eigenvalue weighted by molar-refractivity contribution is -0.0127. The van der Waals surface area contributed by atoms with Crippen LogP contribution in [0.3, 0.4) is 0 Å². The minimum Gasteiger partial charge on any atom is -0.378 e. The van der Waals surface area contributed by atoms with E-state index in [1.54, 1.807) is 0 Å². The van der Waals surface area contributed by atoms with Crippen LogP contribution in [0.5, 0.6) is 0 Å². The van der Waals surface area contributed by atoms with Crippen LogP contribution in [0.15, 0.2) is 0 Å². The zero-order valence-corrected chi connectivity index (χ0v) is 12.0. The molecule has 0 aromatic carbocycles. The molecule has 1 saturated carbocycles. The van der Waals surface area contributed by atoms with Crippen LogP contribution in [0.25, 0.3) is 0 Å². The zero-order valence-electron chi connectivity index (χ0n) is 12.0. The van der Waals surface area contributed by atoms with E-state index in [-0.39, 0.29) is 0 Å². The second-order valence-electron chi connectivity index (χ2n) is 5.81. The minimum atomic E-state index is 0.554. The van der Waals surface area contributed by atoms with E-state index in [0.717, 1.165) is 38.0 Å². The fourth-order valence-electron chi connectivity index (χ4n) is 2.68. The van der Waals surface area contributed by atoms with E-state index in [2.05, 4.69) is 26.1 Å². The molecule has 0 aromatic rings. The SMILES string of the molecule is CCC1CCCCC1OCCCNCC(C)C. The highest BCUT2D eigenvalue weighted by atomic mass is 16.5. The molecule has 2 unspecified atom stereocenters. The van der Waals surface area contributed by atoms with Gasteiger partial charge in [-0.15, -0.1) is 0 Å². The molecule has 1 aliphatic carbocycles. The van der Waals surface area contributed by atoms with E-state index in [4.69, 9.17) is 4.74 Å². The third-order valence-corrected chi connectivity index (χ3v) is 3.75. The molecule has 0 radical (unpaired) electrons. The normalized spacial score (nSPS) is 25.4. The summed E-state index contributed by atoms with van der Waals surface area (Å²) in [7, 11) is 0. The Morgan fingerprint density at radius 2 is 2.00 bits per heavy atom. The van der Waals surface area contributed by atoms with Crippen molar-refractivity contribution in [2.24, 2.45) is 11.8 Å². The number of hydrogen-bond acceptors (Lipinski definition) is 2. The molecule has 1 fully saturated rings. The average molecular weight is 241 g/mol. The van der Waals surface area contributed by atoms with Crippen molar-refractivity contribution < 1.29 is 4.74 Å². The predicted molar refractivity (Wildman–Crippen MR) is 74.3 cm³/mol. The van der Waals surface area contributed by atoms with Crippen LogP contribution in [0.4, 0.5) is 0 Å². The van der Waals surface area contributed by atoms with Crippen LogP contribution in [-0.4, -0.2) is 25.8 Å². The summed E-state index contributed by atoms with van der Waals surface area (Å²) in [6, 6.07) is 0. The lowest BCUT2D eigenvalue weighted by Gasteiger charge is -2.30. The van der Waals surface area contributed by atoms with E-state index in [1.165, 1.54) is 32.1 Å². The van der Waals surface area contributed by atoms with Crippen LogP contribution in [0.1, 0.15) is 59.3 Å². The van der Waals surface area contributed by atoms with Crippen LogP contribution >= 0.6 is 0 Å². The molecule has 0 heterocycles. The van der Waals surface area contributed by atoms with Gasteiger partial charge in [-0.25, -0.2) is 0 Å². The first-order valence-electron chi connectivity index (χ1n) is 7.56. The minimum absolute atomic E-state index is 0.554. The number of rotatable bonds is 8. The molecule has 0 bridgehead atoms. The highest BCUT2D eigenvalue weighted by molar-refractivity contribution is 4.74. The van der Waals surface area contributed by atoms with Crippen molar-refractivity contribution >= 4 is 0 Å². The van der Waals surface area contributed by atoms with Crippen molar-refractivity contribution in [3.8, 4) is 0 Å². The summed E-state index contributed by atoms with van der Waals surface area (Å²) in [5.74, 6) is 1.58. The van der Waals surface area contributed by atoms with E-state index < -0.39 is 0 Å². The highest BCUT2D eigenvalue weighted by Gasteiger charge is 2.23. The summed E-state index contributed by atoms with van der Waals surface area (Å²) in [4.78, 5) is 0. The van der Waals surface area contributed by atoms with Crippen LogP contribution in [0, 0.1) is 11.8 Å². The summed E-state index contributed by atoms with van der Waals surface area (Å²) in [5, 5.41) is 3.47. The van der Waals surface area contributed by atoms with Gasteiger partial charge in [0.15, 0.2) is 0 Å². The molecule has 1 rings (SSSR count). The molecule has 0 spiro atoms. The van der Waals surface area contributed by atoms with Gasteiger partial charge in [-0.3, -0.25) is 0 Å². The molecule has 17 heavy (non-hydrogen) atoms. The quantitative estimate of drug-likeness (QED) is 0.656. The van der Waals surface area contributed by atoms with E-state index in [1.807, 2.05) is 0 Å². The fourth-order valence-corrected chi connectivity index (χ4v) is 2.68. The maximum absolute atomic E-state index is 6.05. The Morgan fingerprint density at radius 1 is 1.24 bits per heavy atom. The van der Waals surface area contributed by atoms with Gasteiger partial charge in [-0.05, 0) is 44.2 Å². The van der Waals surface area contributed by atoms with Crippen LogP contribution in [0.2, 0.25) is 0 Å². The fraction of sp³-hybridized carbons (Fsp3) is 1.00. The van der Waals surface area contributed by atoms with E-state index in [9.17, 15) is 0 Å². The Balaban J connectivity index is 2.01. The second kappa shape index (κ2) is 8.93. The lowest BCUT2D eigenvalue weighted by Crippen LogP contribution is -2.28. The van der Waals surface area contributed by atoms with Crippen molar-refractivity contribution in [2.75, 3.05) is 19.7 Å². The first kappa shape index (κ1) is 15.0. The molecular weight excluding hydrogens is 210 g/mol. The van der Waals surface area contributed by atoms with Gasteiger partial charge in [0.25, 0.3) is 0 Å². The van der Waals surface area contributed by atoms with Gasteiger partial charge in [0.2, 0.25) is 0 Å². The van der Waals surface area contributed by atoms with Gasteiger partial charge in [0, 0.05) is 6.61 Å². The first-order valence-corrected chi connectivity index (χ1v) is 7.56. The molecule has 2 nitrogen and oxygen atoms in total. The smallest absolute Gasteiger partial charge is 0.0603 e. The number of hydrogen-bond donors (Lipinski definition) is 1. The molecule has 2 atom stereocenters. The monoisotopic (exact) mass is 241 g/mol. The molecule has 0 amide bonds. The highest BCUT2D eigenvalue weighted by Crippen LogP contribution is 2.29. The summed E-state index contributed by atoms with van der Waals surface area (Å²) < 4.78 is 6.05. The summed E-state index contributed by atoms with van der Waals surface area (Å²) >= 11 is 0. The Kier molecular flexibility index (Phi) is 7.87. The number of nitrogens with one attached hydrogen (secondary N) is 1. The van der Waals surface area contributed by atoms with Gasteiger partial charge >= 0.3 is 0 Å². The predicted octanol–water partition coefficient (Wildman–Crippen LogP) is 3.61. The van der Waals surface area contributed by atoms with Crippen molar-refractivity contribution in [2.45, 2.75) is 65.4 Å². The zero-order chi connectivity index (χ0) is 12.5. The van der Waals surface area contributed by atoms with E-state index in [0.29, 0.717) is 6.10 Å². The maximum Gasteiger partial charge on any atom is 0.0603 e. The van der Waals surface area contributed by atoms with Crippen molar-refractivity contribution in [3.05, 3.63) is 0 Å². The van der Waals surface area contributed by atoms with E-state index >= 15 is 0 Å². The topological polar surface area (TPSA) is 21.3 Å². The third-order valence-electron chi connectivity index (χ3n) is 3.75. The van der Waals surface area contributed by atoms with Crippen molar-refractivity contribution in [1.29, 1.82) is 0 Å². The van der Waals surface area contributed by atoms with Gasteiger partial charge in [0.1, 0.15) is 0 Å². The first-order chi connectivity index (χ1) is 8.24. The summed E-state index contributed by atoms with van der Waals surface area (Å²) in [6.45, 7) is 9.96. The van der Waals surface area contributed by atoms with Crippen molar-refractivity contribution in [1.82, 2.24) is 5.32 Å². The molecule has 102 valence electrons. The Hall–Kier alpha value is -0.0800. The molecular formula is C15H31NO. The maximum atomic E-state index is 6.05. The average Bonchev–Trinajstić information content (AvgIpc) is 2.33. The molecule has 1 aliphatic rings. The van der Waals surface area contributed by atoms with Crippen LogP contribution in [-0.2, 0) is 4.74 Å². The Labute approximate surface area is 108 Å². The van der Waals surface area contributed by atoms with Gasteiger partial charge in [-0.2, -0.15) is 0 Å². The van der Waals surface area contributed by atoms with Crippen LogP contribution < -0.4 is 5.32 Å². The van der Waals surface area contributed by atoms with Gasteiger partial charge in [-0.1, -0.05) is 40.0 Å². The van der Waals surface area contributed by atoms with Gasteiger partial charge in [0.05, 0.1) is 6.10 Å². The third kappa shape index (κ3) is 6.42. The molecule has 0 aromatic heterocycles. The summed E-state index contributed by atoms with van der Waals surface area (Å²) in [5.41, 5.74) is 0. The van der Waals surface area contributed by atoms with Crippen molar-refractivity contribution in [3.63, 3.8) is 0 Å². The molecule has 0 saturated heterocycles. The Morgan fingerprint density at radius 3 is 2.71 bits per heavy atom. The van der Waals surface area contributed by atoms with Gasteiger partial charge < -0.3 is 10.1 Å². The molecule has 1 N–H and O–H groups in total. The lowest BCUT2D eigenvalue weighted by atomic mass is 9.85.